The Morgan fingerprint density at radius 3 is 2.93 bits per heavy atom. The lowest BCUT2D eigenvalue weighted by Crippen LogP contribution is -2.42. The average Bonchev–Trinajstić information content (AvgIpc) is 2.30. The van der Waals surface area contributed by atoms with Crippen LogP contribution in [0.5, 0.6) is 5.75 Å². The van der Waals surface area contributed by atoms with Gasteiger partial charge in [-0.1, -0.05) is 22.0 Å². The van der Waals surface area contributed by atoms with E-state index >= 15 is 0 Å². The molecule has 4 heteroatoms. The number of methoxy groups -OCH3 is 1. The maximum absolute atomic E-state index is 5.38. The maximum Gasteiger partial charge on any atom is 0.124 e. The van der Waals surface area contributed by atoms with Crippen LogP contribution in [0.2, 0.25) is 0 Å². The Labute approximate surface area is 98.3 Å². The standard InChI is InChI=1S/C11H15BrN2O/c1-15-11-6-8(12)2-3-9(11)10-7-13-4-5-14-10/h2-3,6,10,13-14H,4-5,7H2,1H3/t10-/m0/s1. The molecule has 15 heavy (non-hydrogen) atoms. The van der Waals surface area contributed by atoms with Crippen molar-refractivity contribution < 1.29 is 4.74 Å². The van der Waals surface area contributed by atoms with Crippen molar-refractivity contribution in [1.82, 2.24) is 10.6 Å². The molecule has 2 rings (SSSR count). The number of nitrogens with one attached hydrogen (secondary N) is 2. The first kappa shape index (κ1) is 10.9. The van der Waals surface area contributed by atoms with Gasteiger partial charge < -0.3 is 15.4 Å². The predicted octanol–water partition coefficient (Wildman–Crippen LogP) is 1.69. The Bertz CT molecular complexity index is 337. The molecule has 1 aromatic rings. The van der Waals surface area contributed by atoms with Gasteiger partial charge in [0.15, 0.2) is 0 Å². The molecule has 1 heterocycles. The molecule has 1 aliphatic rings. The number of piperazine rings is 1. The van der Waals surface area contributed by atoms with Crippen LogP contribution in [0.15, 0.2) is 22.7 Å². The summed E-state index contributed by atoms with van der Waals surface area (Å²) >= 11 is 3.45. The second-order valence-electron chi connectivity index (χ2n) is 3.60. The van der Waals surface area contributed by atoms with E-state index in [2.05, 4.69) is 32.6 Å². The van der Waals surface area contributed by atoms with Crippen LogP contribution in [-0.2, 0) is 0 Å². The number of halogens is 1. The molecule has 1 saturated heterocycles. The number of hydrogen-bond donors (Lipinski definition) is 2. The van der Waals surface area contributed by atoms with Crippen molar-refractivity contribution in [1.29, 1.82) is 0 Å². The molecule has 3 nitrogen and oxygen atoms in total. The summed E-state index contributed by atoms with van der Waals surface area (Å²) in [5.41, 5.74) is 1.22. The molecule has 0 aliphatic carbocycles. The first-order valence-electron chi connectivity index (χ1n) is 5.09. The molecule has 0 saturated carbocycles. The lowest BCUT2D eigenvalue weighted by atomic mass is 10.0. The van der Waals surface area contributed by atoms with Crippen molar-refractivity contribution in [3.05, 3.63) is 28.2 Å². The Morgan fingerprint density at radius 1 is 1.40 bits per heavy atom. The number of rotatable bonds is 2. The van der Waals surface area contributed by atoms with Gasteiger partial charge in [0.2, 0.25) is 0 Å². The largest absolute Gasteiger partial charge is 0.496 e. The minimum Gasteiger partial charge on any atom is -0.496 e. The van der Waals surface area contributed by atoms with Gasteiger partial charge in [-0.2, -0.15) is 0 Å². The van der Waals surface area contributed by atoms with Crippen LogP contribution in [0.1, 0.15) is 11.6 Å². The van der Waals surface area contributed by atoms with Gasteiger partial charge >= 0.3 is 0 Å². The number of ether oxygens (including phenoxy) is 1. The molecule has 2 N–H and O–H groups in total. The fourth-order valence-electron chi connectivity index (χ4n) is 1.85. The summed E-state index contributed by atoms with van der Waals surface area (Å²) in [6.07, 6.45) is 0. The van der Waals surface area contributed by atoms with Crippen molar-refractivity contribution in [2.75, 3.05) is 26.7 Å². The molecule has 0 spiro atoms. The van der Waals surface area contributed by atoms with E-state index in [4.69, 9.17) is 4.74 Å². The first-order chi connectivity index (χ1) is 7.31. The third-order valence-electron chi connectivity index (χ3n) is 2.61. The van der Waals surface area contributed by atoms with E-state index in [0.29, 0.717) is 6.04 Å². The highest BCUT2D eigenvalue weighted by Gasteiger charge is 2.17. The fraction of sp³-hybridized carbons (Fsp3) is 0.455. The lowest BCUT2D eigenvalue weighted by Gasteiger charge is -2.26. The Hall–Kier alpha value is -0.580. The summed E-state index contributed by atoms with van der Waals surface area (Å²) in [5.74, 6) is 0.936. The lowest BCUT2D eigenvalue weighted by molar-refractivity contribution is 0.381. The van der Waals surface area contributed by atoms with Crippen molar-refractivity contribution in [3.8, 4) is 5.75 Å². The molecule has 1 aliphatic heterocycles. The molecule has 82 valence electrons. The van der Waals surface area contributed by atoms with Crippen molar-refractivity contribution in [2.45, 2.75) is 6.04 Å². The van der Waals surface area contributed by atoms with Gasteiger partial charge in [0.1, 0.15) is 5.75 Å². The van der Waals surface area contributed by atoms with Crippen molar-refractivity contribution >= 4 is 15.9 Å². The topological polar surface area (TPSA) is 33.3 Å². The first-order valence-corrected chi connectivity index (χ1v) is 5.88. The van der Waals surface area contributed by atoms with E-state index in [1.165, 1.54) is 5.56 Å². The molecule has 0 bridgehead atoms. The number of hydrogen-bond acceptors (Lipinski definition) is 3. The predicted molar refractivity (Wildman–Crippen MR) is 64.3 cm³/mol. The minimum absolute atomic E-state index is 0.349. The summed E-state index contributed by atoms with van der Waals surface area (Å²) in [6.45, 7) is 3.00. The highest BCUT2D eigenvalue weighted by atomic mass is 79.9. The molecular weight excluding hydrogens is 256 g/mol. The van der Waals surface area contributed by atoms with Crippen LogP contribution in [-0.4, -0.2) is 26.7 Å². The second-order valence-corrected chi connectivity index (χ2v) is 4.51. The summed E-state index contributed by atoms with van der Waals surface area (Å²) in [4.78, 5) is 0. The molecule has 0 radical (unpaired) electrons. The minimum atomic E-state index is 0.349. The zero-order valence-electron chi connectivity index (χ0n) is 8.72. The SMILES string of the molecule is COc1cc(Br)ccc1[C@@H]1CNCCN1. The summed E-state index contributed by atoms with van der Waals surface area (Å²) in [5, 5.41) is 6.84. The van der Waals surface area contributed by atoms with Gasteiger partial charge in [0.25, 0.3) is 0 Å². The monoisotopic (exact) mass is 270 g/mol. The maximum atomic E-state index is 5.38. The van der Waals surface area contributed by atoms with Gasteiger partial charge in [0.05, 0.1) is 7.11 Å². The summed E-state index contributed by atoms with van der Waals surface area (Å²) in [7, 11) is 1.71. The van der Waals surface area contributed by atoms with Gasteiger partial charge in [-0.05, 0) is 12.1 Å². The zero-order valence-corrected chi connectivity index (χ0v) is 10.3. The van der Waals surface area contributed by atoms with Crippen molar-refractivity contribution in [2.24, 2.45) is 0 Å². The van der Waals surface area contributed by atoms with E-state index in [0.717, 1.165) is 29.9 Å². The third-order valence-corrected chi connectivity index (χ3v) is 3.11. The molecule has 0 aromatic heterocycles. The van der Waals surface area contributed by atoms with Crippen LogP contribution >= 0.6 is 15.9 Å². The highest BCUT2D eigenvalue weighted by Crippen LogP contribution is 2.28. The molecule has 0 unspecified atom stereocenters. The third kappa shape index (κ3) is 2.51. The molecule has 1 atom stereocenters. The van der Waals surface area contributed by atoms with Crippen LogP contribution in [0.4, 0.5) is 0 Å². The van der Waals surface area contributed by atoms with E-state index < -0.39 is 0 Å². The van der Waals surface area contributed by atoms with Gasteiger partial charge in [-0.3, -0.25) is 0 Å². The molecular formula is C11H15BrN2O. The van der Waals surface area contributed by atoms with Crippen LogP contribution in [0, 0.1) is 0 Å². The number of benzene rings is 1. The Balaban J connectivity index is 2.25. The zero-order chi connectivity index (χ0) is 10.7. The smallest absolute Gasteiger partial charge is 0.124 e. The van der Waals surface area contributed by atoms with E-state index in [9.17, 15) is 0 Å². The van der Waals surface area contributed by atoms with Crippen LogP contribution in [0.25, 0.3) is 0 Å². The molecule has 0 amide bonds. The Morgan fingerprint density at radius 2 is 2.27 bits per heavy atom. The van der Waals surface area contributed by atoms with Crippen LogP contribution < -0.4 is 15.4 Å². The van der Waals surface area contributed by atoms with Crippen LogP contribution in [0.3, 0.4) is 0 Å². The highest BCUT2D eigenvalue weighted by molar-refractivity contribution is 9.10. The van der Waals surface area contributed by atoms with Crippen molar-refractivity contribution in [3.63, 3.8) is 0 Å². The Kier molecular flexibility index (Phi) is 3.61. The molecule has 1 fully saturated rings. The normalized spacial score (nSPS) is 21.3. The van der Waals surface area contributed by atoms with Gasteiger partial charge in [0, 0.05) is 35.7 Å². The second kappa shape index (κ2) is 4.96. The van der Waals surface area contributed by atoms with E-state index in [1.807, 2.05) is 12.1 Å². The quantitative estimate of drug-likeness (QED) is 0.858. The van der Waals surface area contributed by atoms with Gasteiger partial charge in [-0.15, -0.1) is 0 Å². The summed E-state index contributed by atoms with van der Waals surface area (Å²) in [6, 6.07) is 6.51. The average molecular weight is 271 g/mol. The fourth-order valence-corrected chi connectivity index (χ4v) is 2.19. The molecule has 1 aromatic carbocycles. The van der Waals surface area contributed by atoms with E-state index in [-0.39, 0.29) is 0 Å². The van der Waals surface area contributed by atoms with E-state index in [1.54, 1.807) is 7.11 Å². The van der Waals surface area contributed by atoms with Gasteiger partial charge in [-0.25, -0.2) is 0 Å². The summed E-state index contributed by atoms with van der Waals surface area (Å²) < 4.78 is 6.43.